The first-order chi connectivity index (χ1) is 11.2. The van der Waals surface area contributed by atoms with E-state index in [0.717, 1.165) is 69.0 Å². The van der Waals surface area contributed by atoms with E-state index < -0.39 is 0 Å². The van der Waals surface area contributed by atoms with E-state index in [4.69, 9.17) is 9.26 Å². The highest BCUT2D eigenvalue weighted by atomic mass is 16.5. The predicted molar refractivity (Wildman–Crippen MR) is 91.8 cm³/mol. The van der Waals surface area contributed by atoms with E-state index in [-0.39, 0.29) is 0 Å². The number of aromatic nitrogens is 1. The highest BCUT2D eigenvalue weighted by Gasteiger charge is 2.20. The lowest BCUT2D eigenvalue weighted by Crippen LogP contribution is -2.38. The van der Waals surface area contributed by atoms with Gasteiger partial charge in [0.1, 0.15) is 5.76 Å². The van der Waals surface area contributed by atoms with Crippen LogP contribution in [0.3, 0.4) is 0 Å². The minimum absolute atomic E-state index is 0.783. The molecule has 0 bridgehead atoms. The highest BCUT2D eigenvalue weighted by Crippen LogP contribution is 2.28. The molecule has 1 aromatic heterocycles. The van der Waals surface area contributed by atoms with E-state index in [1.807, 2.05) is 13.8 Å². The zero-order valence-electron chi connectivity index (χ0n) is 14.7. The molecule has 0 aromatic carbocycles. The van der Waals surface area contributed by atoms with Crippen molar-refractivity contribution in [2.45, 2.75) is 46.5 Å². The van der Waals surface area contributed by atoms with Gasteiger partial charge in [-0.3, -0.25) is 4.99 Å². The molecule has 6 heteroatoms. The number of nitrogens with zero attached hydrogens (tertiary/aromatic N) is 2. The smallest absolute Gasteiger partial charge is 0.191 e. The Hall–Kier alpha value is -1.56. The number of aryl methyl sites for hydroxylation is 2. The number of guanidine groups is 1. The van der Waals surface area contributed by atoms with Gasteiger partial charge in [0, 0.05) is 38.4 Å². The summed E-state index contributed by atoms with van der Waals surface area (Å²) >= 11 is 0. The van der Waals surface area contributed by atoms with Crippen molar-refractivity contribution in [2.75, 3.05) is 32.8 Å². The van der Waals surface area contributed by atoms with Crippen molar-refractivity contribution in [1.82, 2.24) is 15.8 Å². The van der Waals surface area contributed by atoms with E-state index in [9.17, 15) is 0 Å². The second-order valence-electron chi connectivity index (χ2n) is 6.11. The third-order valence-corrected chi connectivity index (χ3v) is 3.96. The molecular formula is C17H30N4O2. The minimum atomic E-state index is 0.783. The lowest BCUT2D eigenvalue weighted by atomic mass is 10.1. The topological polar surface area (TPSA) is 71.7 Å². The second kappa shape index (κ2) is 9.55. The molecule has 2 rings (SSSR count). The molecule has 130 valence electrons. The molecule has 0 spiro atoms. The SMILES string of the molecule is CCNC(=NCCCOCC1CC1)NCCc1c(C)noc1C. The van der Waals surface area contributed by atoms with Crippen LogP contribution >= 0.6 is 0 Å². The Kier molecular flexibility index (Phi) is 7.39. The number of ether oxygens (including phenoxy) is 1. The summed E-state index contributed by atoms with van der Waals surface area (Å²) in [5, 5.41) is 10.6. The fourth-order valence-corrected chi connectivity index (χ4v) is 2.40. The zero-order valence-corrected chi connectivity index (χ0v) is 14.7. The van der Waals surface area contributed by atoms with Crippen LogP contribution in [0, 0.1) is 19.8 Å². The maximum absolute atomic E-state index is 5.63. The standard InChI is InChI=1S/C17H30N4O2/c1-4-18-17(19-9-5-11-22-12-15-6-7-15)20-10-8-16-13(2)21-23-14(16)3/h15H,4-12H2,1-3H3,(H2,18,19,20). The Morgan fingerprint density at radius 3 is 2.83 bits per heavy atom. The maximum atomic E-state index is 5.63. The number of nitrogens with one attached hydrogen (secondary N) is 2. The van der Waals surface area contributed by atoms with Crippen molar-refractivity contribution in [3.63, 3.8) is 0 Å². The first-order valence-corrected chi connectivity index (χ1v) is 8.72. The molecular weight excluding hydrogens is 292 g/mol. The third kappa shape index (κ3) is 6.60. The molecule has 0 unspecified atom stereocenters. The van der Waals surface area contributed by atoms with Crippen LogP contribution in [0.4, 0.5) is 0 Å². The molecule has 0 aliphatic heterocycles. The van der Waals surface area contributed by atoms with Gasteiger partial charge in [0.2, 0.25) is 0 Å². The fraction of sp³-hybridized carbons (Fsp3) is 0.765. The Bertz CT molecular complexity index is 475. The van der Waals surface area contributed by atoms with Crippen LogP contribution < -0.4 is 10.6 Å². The molecule has 1 aliphatic carbocycles. The Labute approximate surface area is 139 Å². The lowest BCUT2D eigenvalue weighted by Gasteiger charge is -2.11. The predicted octanol–water partition coefficient (Wildman–Crippen LogP) is 2.21. The minimum Gasteiger partial charge on any atom is -0.381 e. The number of hydrogen-bond acceptors (Lipinski definition) is 4. The van der Waals surface area contributed by atoms with Crippen molar-refractivity contribution in [3.8, 4) is 0 Å². The maximum Gasteiger partial charge on any atom is 0.191 e. The van der Waals surface area contributed by atoms with Crippen molar-refractivity contribution in [1.29, 1.82) is 0 Å². The number of aliphatic imine (C=N–C) groups is 1. The quantitative estimate of drug-likeness (QED) is 0.392. The van der Waals surface area contributed by atoms with Crippen LogP contribution in [-0.4, -0.2) is 44.0 Å². The fourth-order valence-electron chi connectivity index (χ4n) is 2.40. The molecule has 0 amide bonds. The van der Waals surface area contributed by atoms with Crippen LogP contribution in [0.2, 0.25) is 0 Å². The second-order valence-corrected chi connectivity index (χ2v) is 6.11. The van der Waals surface area contributed by atoms with Gasteiger partial charge in [0.15, 0.2) is 5.96 Å². The summed E-state index contributed by atoms with van der Waals surface area (Å²) in [5.74, 6) is 2.60. The summed E-state index contributed by atoms with van der Waals surface area (Å²) in [4.78, 5) is 4.58. The molecule has 1 saturated carbocycles. The van der Waals surface area contributed by atoms with Crippen molar-refractivity contribution in [2.24, 2.45) is 10.9 Å². The average Bonchev–Trinajstić information content (AvgIpc) is 3.31. The molecule has 0 atom stereocenters. The molecule has 1 aromatic rings. The third-order valence-electron chi connectivity index (χ3n) is 3.96. The molecule has 1 heterocycles. The van der Waals surface area contributed by atoms with Gasteiger partial charge in [-0.1, -0.05) is 5.16 Å². The largest absolute Gasteiger partial charge is 0.381 e. The average molecular weight is 322 g/mol. The van der Waals surface area contributed by atoms with Gasteiger partial charge in [-0.05, 0) is 52.4 Å². The molecule has 1 fully saturated rings. The monoisotopic (exact) mass is 322 g/mol. The summed E-state index contributed by atoms with van der Waals surface area (Å²) < 4.78 is 10.8. The Balaban J connectivity index is 1.64. The van der Waals surface area contributed by atoms with Crippen LogP contribution in [0.15, 0.2) is 9.52 Å². The zero-order chi connectivity index (χ0) is 16.5. The summed E-state index contributed by atoms with van der Waals surface area (Å²) in [6.07, 6.45) is 4.54. The van der Waals surface area contributed by atoms with E-state index in [1.165, 1.54) is 18.4 Å². The van der Waals surface area contributed by atoms with Crippen LogP contribution in [0.1, 0.15) is 43.2 Å². The highest BCUT2D eigenvalue weighted by molar-refractivity contribution is 5.79. The number of hydrogen-bond donors (Lipinski definition) is 2. The van der Waals surface area contributed by atoms with E-state index in [0.29, 0.717) is 0 Å². The van der Waals surface area contributed by atoms with Gasteiger partial charge in [-0.2, -0.15) is 0 Å². The van der Waals surface area contributed by atoms with Gasteiger partial charge >= 0.3 is 0 Å². The van der Waals surface area contributed by atoms with Gasteiger partial charge in [-0.15, -0.1) is 0 Å². The van der Waals surface area contributed by atoms with Gasteiger partial charge in [0.05, 0.1) is 5.69 Å². The van der Waals surface area contributed by atoms with Crippen molar-refractivity contribution >= 4 is 5.96 Å². The van der Waals surface area contributed by atoms with Gasteiger partial charge in [-0.25, -0.2) is 0 Å². The van der Waals surface area contributed by atoms with Crippen LogP contribution in [0.25, 0.3) is 0 Å². The summed E-state index contributed by atoms with van der Waals surface area (Å²) in [6.45, 7) is 10.2. The first kappa shape index (κ1) is 17.8. The lowest BCUT2D eigenvalue weighted by molar-refractivity contribution is 0.123. The Morgan fingerprint density at radius 2 is 2.17 bits per heavy atom. The van der Waals surface area contributed by atoms with Gasteiger partial charge in [0.25, 0.3) is 0 Å². The summed E-state index contributed by atoms with van der Waals surface area (Å²) in [6, 6.07) is 0. The first-order valence-electron chi connectivity index (χ1n) is 8.72. The summed E-state index contributed by atoms with van der Waals surface area (Å²) in [5.41, 5.74) is 2.15. The summed E-state index contributed by atoms with van der Waals surface area (Å²) in [7, 11) is 0. The number of rotatable bonds is 10. The van der Waals surface area contributed by atoms with Crippen molar-refractivity contribution in [3.05, 3.63) is 17.0 Å². The van der Waals surface area contributed by atoms with E-state index in [1.54, 1.807) is 0 Å². The molecule has 23 heavy (non-hydrogen) atoms. The molecule has 6 nitrogen and oxygen atoms in total. The van der Waals surface area contributed by atoms with Crippen LogP contribution in [-0.2, 0) is 11.2 Å². The van der Waals surface area contributed by atoms with Gasteiger partial charge < -0.3 is 19.9 Å². The van der Waals surface area contributed by atoms with Crippen LogP contribution in [0.5, 0.6) is 0 Å². The molecule has 0 saturated heterocycles. The normalized spacial score (nSPS) is 15.0. The van der Waals surface area contributed by atoms with E-state index >= 15 is 0 Å². The molecule has 0 radical (unpaired) electrons. The van der Waals surface area contributed by atoms with E-state index in [2.05, 4.69) is 27.7 Å². The molecule has 1 aliphatic rings. The molecule has 2 N–H and O–H groups in total. The van der Waals surface area contributed by atoms with Crippen molar-refractivity contribution < 1.29 is 9.26 Å². The Morgan fingerprint density at radius 1 is 1.35 bits per heavy atom.